The van der Waals surface area contributed by atoms with E-state index in [-0.39, 0.29) is 6.04 Å². The third kappa shape index (κ3) is 4.80. The summed E-state index contributed by atoms with van der Waals surface area (Å²) in [6.45, 7) is 3.50. The van der Waals surface area contributed by atoms with Gasteiger partial charge in [-0.15, -0.1) is 0 Å². The Labute approximate surface area is 116 Å². The van der Waals surface area contributed by atoms with E-state index in [1.807, 2.05) is 25.1 Å². The van der Waals surface area contributed by atoms with Crippen LogP contribution in [0.1, 0.15) is 24.9 Å². The maximum Gasteiger partial charge on any atom is 0.0551 e. The first-order valence-electron chi connectivity index (χ1n) is 5.68. The van der Waals surface area contributed by atoms with Gasteiger partial charge in [-0.1, -0.05) is 29.8 Å². The lowest BCUT2D eigenvalue weighted by Crippen LogP contribution is -2.28. The second kappa shape index (κ2) is 7.88. The molecule has 0 aliphatic rings. The molecule has 0 heterocycles. The van der Waals surface area contributed by atoms with E-state index >= 15 is 0 Å². The van der Waals surface area contributed by atoms with Gasteiger partial charge in [0.2, 0.25) is 0 Å². The summed E-state index contributed by atoms with van der Waals surface area (Å²) in [5, 5.41) is 4.14. The lowest BCUT2D eigenvalue weighted by atomic mass is 10.1. The summed E-state index contributed by atoms with van der Waals surface area (Å²) < 4.78 is 0.910. The molecule has 1 unspecified atom stereocenters. The van der Waals surface area contributed by atoms with Gasteiger partial charge in [0.05, 0.1) is 5.02 Å². The molecule has 0 saturated carbocycles. The molecule has 4 heteroatoms. The predicted octanol–water partition coefficient (Wildman–Crippen LogP) is 3.66. The standard InChI is InChI=1S/C13H18BrClN2/c1-2-3-4-7-17-13(9-16)10-5-6-11(14)12(15)8-10/h2-3,5-6,8,13,17H,4,7,9,16H2,1H3/b3-2+. The minimum absolute atomic E-state index is 0.158. The van der Waals surface area contributed by atoms with Crippen molar-refractivity contribution in [2.75, 3.05) is 13.1 Å². The molecule has 0 saturated heterocycles. The van der Waals surface area contributed by atoms with Crippen molar-refractivity contribution >= 4 is 27.5 Å². The van der Waals surface area contributed by atoms with Crippen LogP contribution in [-0.2, 0) is 0 Å². The molecule has 0 radical (unpaired) electrons. The quantitative estimate of drug-likeness (QED) is 0.621. The van der Waals surface area contributed by atoms with E-state index in [1.54, 1.807) is 0 Å². The van der Waals surface area contributed by atoms with E-state index in [2.05, 4.69) is 33.4 Å². The summed E-state index contributed by atoms with van der Waals surface area (Å²) in [5.41, 5.74) is 6.90. The first-order valence-corrected chi connectivity index (χ1v) is 6.85. The van der Waals surface area contributed by atoms with Gasteiger partial charge in [-0.3, -0.25) is 0 Å². The molecule has 0 aliphatic heterocycles. The van der Waals surface area contributed by atoms with Crippen LogP contribution in [0.15, 0.2) is 34.8 Å². The number of hydrogen-bond acceptors (Lipinski definition) is 2. The van der Waals surface area contributed by atoms with Crippen molar-refractivity contribution in [1.82, 2.24) is 5.32 Å². The maximum absolute atomic E-state index is 6.07. The minimum atomic E-state index is 0.158. The lowest BCUT2D eigenvalue weighted by molar-refractivity contribution is 0.548. The van der Waals surface area contributed by atoms with Gasteiger partial charge in [-0.05, 0) is 53.5 Å². The molecular weight excluding hydrogens is 300 g/mol. The van der Waals surface area contributed by atoms with Gasteiger partial charge in [0.1, 0.15) is 0 Å². The highest BCUT2D eigenvalue weighted by atomic mass is 79.9. The highest BCUT2D eigenvalue weighted by Crippen LogP contribution is 2.25. The fourth-order valence-corrected chi connectivity index (χ4v) is 2.01. The molecular formula is C13H18BrClN2. The molecule has 3 N–H and O–H groups in total. The highest BCUT2D eigenvalue weighted by Gasteiger charge is 2.09. The molecule has 0 amide bonds. The van der Waals surface area contributed by atoms with E-state index in [1.165, 1.54) is 0 Å². The Morgan fingerprint density at radius 1 is 1.53 bits per heavy atom. The van der Waals surface area contributed by atoms with Gasteiger partial charge in [0.15, 0.2) is 0 Å². The van der Waals surface area contributed by atoms with E-state index in [9.17, 15) is 0 Å². The van der Waals surface area contributed by atoms with Crippen LogP contribution in [0.2, 0.25) is 5.02 Å². The molecule has 1 atom stereocenters. The zero-order valence-corrected chi connectivity index (χ0v) is 12.3. The molecule has 1 aromatic carbocycles. The fourth-order valence-electron chi connectivity index (χ4n) is 1.57. The zero-order chi connectivity index (χ0) is 12.7. The van der Waals surface area contributed by atoms with E-state index in [0.29, 0.717) is 6.54 Å². The number of benzene rings is 1. The van der Waals surface area contributed by atoms with Crippen LogP contribution in [0.3, 0.4) is 0 Å². The third-order valence-electron chi connectivity index (χ3n) is 2.52. The largest absolute Gasteiger partial charge is 0.329 e. The highest BCUT2D eigenvalue weighted by molar-refractivity contribution is 9.10. The fraction of sp³-hybridized carbons (Fsp3) is 0.385. The van der Waals surface area contributed by atoms with Crippen LogP contribution in [0, 0.1) is 0 Å². The van der Waals surface area contributed by atoms with Crippen molar-refractivity contribution in [3.8, 4) is 0 Å². The second-order valence-electron chi connectivity index (χ2n) is 3.77. The van der Waals surface area contributed by atoms with Gasteiger partial charge >= 0.3 is 0 Å². The molecule has 94 valence electrons. The summed E-state index contributed by atoms with van der Waals surface area (Å²) >= 11 is 9.45. The zero-order valence-electron chi connectivity index (χ0n) is 9.92. The maximum atomic E-state index is 6.07. The summed E-state index contributed by atoms with van der Waals surface area (Å²) in [7, 11) is 0. The number of allylic oxidation sites excluding steroid dienone is 1. The van der Waals surface area contributed by atoms with Gasteiger partial charge < -0.3 is 11.1 Å². The molecule has 0 aliphatic carbocycles. The Kier molecular flexibility index (Phi) is 6.82. The average molecular weight is 318 g/mol. The molecule has 2 nitrogen and oxygen atoms in total. The second-order valence-corrected chi connectivity index (χ2v) is 5.04. The van der Waals surface area contributed by atoms with E-state index in [0.717, 1.165) is 28.0 Å². The Morgan fingerprint density at radius 3 is 2.88 bits per heavy atom. The molecule has 0 bridgehead atoms. The van der Waals surface area contributed by atoms with Gasteiger partial charge in [-0.2, -0.15) is 0 Å². The number of nitrogens with one attached hydrogen (secondary N) is 1. The van der Waals surface area contributed by atoms with E-state index < -0.39 is 0 Å². The first kappa shape index (κ1) is 14.7. The van der Waals surface area contributed by atoms with Crippen LogP contribution in [0.4, 0.5) is 0 Å². The van der Waals surface area contributed by atoms with Crippen LogP contribution < -0.4 is 11.1 Å². The number of halogens is 2. The number of hydrogen-bond donors (Lipinski definition) is 2. The number of rotatable bonds is 6. The van der Waals surface area contributed by atoms with Gasteiger partial charge in [0.25, 0.3) is 0 Å². The summed E-state index contributed by atoms with van der Waals surface area (Å²) in [5.74, 6) is 0. The topological polar surface area (TPSA) is 38.0 Å². The monoisotopic (exact) mass is 316 g/mol. The van der Waals surface area contributed by atoms with Crippen molar-refractivity contribution < 1.29 is 0 Å². The molecule has 1 rings (SSSR count). The number of nitrogens with two attached hydrogens (primary N) is 1. The molecule has 0 spiro atoms. The smallest absolute Gasteiger partial charge is 0.0551 e. The van der Waals surface area contributed by atoms with Crippen molar-refractivity contribution in [2.24, 2.45) is 5.73 Å². The van der Waals surface area contributed by atoms with Crippen molar-refractivity contribution in [1.29, 1.82) is 0 Å². The van der Waals surface area contributed by atoms with Gasteiger partial charge in [0, 0.05) is 17.1 Å². The minimum Gasteiger partial charge on any atom is -0.329 e. The first-order chi connectivity index (χ1) is 8.19. The summed E-state index contributed by atoms with van der Waals surface area (Å²) in [4.78, 5) is 0. The SMILES string of the molecule is C/C=C/CCNC(CN)c1ccc(Br)c(Cl)c1. The van der Waals surface area contributed by atoms with Crippen molar-refractivity contribution in [3.05, 3.63) is 45.4 Å². The normalized spacial score (nSPS) is 13.2. The third-order valence-corrected chi connectivity index (χ3v) is 3.75. The Morgan fingerprint density at radius 2 is 2.29 bits per heavy atom. The van der Waals surface area contributed by atoms with Crippen LogP contribution in [0.5, 0.6) is 0 Å². The summed E-state index contributed by atoms with van der Waals surface area (Å²) in [6.07, 6.45) is 5.20. The average Bonchev–Trinajstić information content (AvgIpc) is 2.33. The Hall–Kier alpha value is -0.350. The molecule has 17 heavy (non-hydrogen) atoms. The van der Waals surface area contributed by atoms with Crippen LogP contribution in [-0.4, -0.2) is 13.1 Å². The predicted molar refractivity (Wildman–Crippen MR) is 78.4 cm³/mol. The van der Waals surface area contributed by atoms with Crippen LogP contribution in [0.25, 0.3) is 0 Å². The molecule has 1 aromatic rings. The van der Waals surface area contributed by atoms with Crippen molar-refractivity contribution in [3.63, 3.8) is 0 Å². The molecule has 0 fully saturated rings. The van der Waals surface area contributed by atoms with Crippen molar-refractivity contribution in [2.45, 2.75) is 19.4 Å². The Balaban J connectivity index is 2.62. The Bertz CT molecular complexity index is 380. The van der Waals surface area contributed by atoms with Crippen LogP contribution >= 0.6 is 27.5 Å². The van der Waals surface area contributed by atoms with E-state index in [4.69, 9.17) is 17.3 Å². The van der Waals surface area contributed by atoms with Gasteiger partial charge in [-0.25, -0.2) is 0 Å². The molecule has 0 aromatic heterocycles. The lowest BCUT2D eigenvalue weighted by Gasteiger charge is -2.17. The summed E-state index contributed by atoms with van der Waals surface area (Å²) in [6, 6.07) is 6.10.